The molecule has 0 saturated heterocycles. The number of hydrogen-bond acceptors (Lipinski definition) is 6. The molecule has 0 fully saturated rings. The predicted octanol–water partition coefficient (Wildman–Crippen LogP) is 4.48. The number of sulfonamides is 1. The summed E-state index contributed by atoms with van der Waals surface area (Å²) in [6.45, 7) is 1.98. The third-order valence-electron chi connectivity index (χ3n) is 5.50. The van der Waals surface area contributed by atoms with E-state index in [4.69, 9.17) is 16.3 Å². The number of aromatic nitrogens is 1. The van der Waals surface area contributed by atoms with Crippen LogP contribution in [0.1, 0.15) is 22.8 Å². The predicted molar refractivity (Wildman–Crippen MR) is 143 cm³/mol. The first-order valence-corrected chi connectivity index (χ1v) is 14.0. The van der Waals surface area contributed by atoms with Crippen molar-refractivity contribution in [2.75, 3.05) is 13.7 Å². The van der Waals surface area contributed by atoms with Gasteiger partial charge in [-0.3, -0.25) is 9.59 Å². The number of carbonyl (C=O) groups is 2. The molecule has 0 bridgehead atoms. The molecule has 8 nitrogen and oxygen atoms in total. The fraction of sp³-hybridized carbons (Fsp3) is 0.192. The number of hydrogen-bond donors (Lipinski definition) is 0. The molecule has 0 aliphatic heterocycles. The van der Waals surface area contributed by atoms with Gasteiger partial charge in [0.1, 0.15) is 6.54 Å². The quantitative estimate of drug-likeness (QED) is 0.297. The standard InChI is InChI=1S/C26H24ClN3O5S2/c1-3-35-23(31)17-30-24-21(27)10-7-11-22(24)36-26(30)28-25(32)19-12-14-20(15-13-19)37(33,34)29(2)16-18-8-5-4-6-9-18/h4-15H,3,16-17H2,1-2H3. The van der Waals surface area contributed by atoms with Crippen molar-refractivity contribution in [1.29, 1.82) is 0 Å². The Labute approximate surface area is 223 Å². The number of benzene rings is 3. The second-order valence-electron chi connectivity index (χ2n) is 8.05. The van der Waals surface area contributed by atoms with Crippen molar-refractivity contribution < 1.29 is 22.7 Å². The highest BCUT2D eigenvalue weighted by Gasteiger charge is 2.21. The van der Waals surface area contributed by atoms with Gasteiger partial charge in [0.15, 0.2) is 4.80 Å². The second-order valence-corrected chi connectivity index (χ2v) is 11.5. The van der Waals surface area contributed by atoms with Crippen LogP contribution in [0.4, 0.5) is 0 Å². The Bertz CT molecular complexity index is 1610. The van der Waals surface area contributed by atoms with E-state index in [2.05, 4.69) is 4.99 Å². The first kappa shape index (κ1) is 26.7. The number of nitrogens with zero attached hydrogens (tertiary/aromatic N) is 3. The molecule has 0 aliphatic carbocycles. The molecule has 4 rings (SSSR count). The molecule has 4 aromatic rings. The van der Waals surface area contributed by atoms with Crippen molar-refractivity contribution >= 4 is 55.1 Å². The molecule has 192 valence electrons. The first-order chi connectivity index (χ1) is 17.7. The van der Waals surface area contributed by atoms with Crippen LogP contribution in [0.5, 0.6) is 0 Å². The van der Waals surface area contributed by atoms with Crippen molar-refractivity contribution in [2.45, 2.75) is 24.9 Å². The highest BCUT2D eigenvalue weighted by Crippen LogP contribution is 2.25. The lowest BCUT2D eigenvalue weighted by Crippen LogP contribution is -2.26. The largest absolute Gasteiger partial charge is 0.465 e. The van der Waals surface area contributed by atoms with Crippen LogP contribution in [0.2, 0.25) is 5.02 Å². The van der Waals surface area contributed by atoms with Crippen molar-refractivity contribution in [2.24, 2.45) is 4.99 Å². The van der Waals surface area contributed by atoms with Crippen LogP contribution in [0, 0.1) is 0 Å². The van der Waals surface area contributed by atoms with Gasteiger partial charge in [-0.2, -0.15) is 9.30 Å². The molecule has 1 amide bonds. The first-order valence-electron chi connectivity index (χ1n) is 11.3. The zero-order chi connectivity index (χ0) is 26.6. The van der Waals surface area contributed by atoms with Gasteiger partial charge < -0.3 is 9.30 Å². The van der Waals surface area contributed by atoms with E-state index in [1.54, 1.807) is 23.6 Å². The maximum absolute atomic E-state index is 13.0. The zero-order valence-corrected chi connectivity index (χ0v) is 22.5. The van der Waals surface area contributed by atoms with Gasteiger partial charge in [0.05, 0.1) is 26.7 Å². The molecular formula is C26H24ClN3O5S2. The Morgan fingerprint density at radius 1 is 1.03 bits per heavy atom. The number of para-hydroxylation sites is 1. The Kier molecular flexibility index (Phi) is 8.23. The topological polar surface area (TPSA) is 98.0 Å². The number of thiazole rings is 1. The molecular weight excluding hydrogens is 534 g/mol. The second kappa shape index (κ2) is 11.4. The zero-order valence-electron chi connectivity index (χ0n) is 20.1. The summed E-state index contributed by atoms with van der Waals surface area (Å²) >= 11 is 7.59. The highest BCUT2D eigenvalue weighted by atomic mass is 35.5. The van der Waals surface area contributed by atoms with Gasteiger partial charge >= 0.3 is 5.97 Å². The Balaban J connectivity index is 1.63. The number of ether oxygens (including phenoxy) is 1. The molecule has 1 heterocycles. The van der Waals surface area contributed by atoms with Gasteiger partial charge in [-0.05, 0) is 48.9 Å². The van der Waals surface area contributed by atoms with Gasteiger partial charge in [0, 0.05) is 19.2 Å². The molecule has 0 saturated carbocycles. The molecule has 0 radical (unpaired) electrons. The molecule has 0 aliphatic rings. The van der Waals surface area contributed by atoms with Gasteiger partial charge in [-0.1, -0.05) is 59.3 Å². The van der Waals surface area contributed by atoms with E-state index in [0.717, 1.165) is 10.3 Å². The molecule has 0 spiro atoms. The minimum atomic E-state index is -3.76. The summed E-state index contributed by atoms with van der Waals surface area (Å²) in [7, 11) is -2.26. The number of esters is 1. The number of amides is 1. The fourth-order valence-electron chi connectivity index (χ4n) is 3.68. The van der Waals surface area contributed by atoms with Gasteiger partial charge in [0.2, 0.25) is 10.0 Å². The minimum Gasteiger partial charge on any atom is -0.465 e. The van der Waals surface area contributed by atoms with Gasteiger partial charge in [-0.25, -0.2) is 8.42 Å². The van der Waals surface area contributed by atoms with Crippen LogP contribution < -0.4 is 4.80 Å². The monoisotopic (exact) mass is 557 g/mol. The molecule has 11 heteroatoms. The van der Waals surface area contributed by atoms with E-state index in [9.17, 15) is 18.0 Å². The Morgan fingerprint density at radius 2 is 1.73 bits per heavy atom. The molecule has 0 unspecified atom stereocenters. The van der Waals surface area contributed by atoms with Crippen LogP contribution >= 0.6 is 22.9 Å². The lowest BCUT2D eigenvalue weighted by Gasteiger charge is -2.17. The summed E-state index contributed by atoms with van der Waals surface area (Å²) in [5, 5.41) is 0.418. The highest BCUT2D eigenvalue weighted by molar-refractivity contribution is 7.89. The summed E-state index contributed by atoms with van der Waals surface area (Å²) in [4.78, 5) is 29.8. The van der Waals surface area contributed by atoms with Gasteiger partial charge in [0.25, 0.3) is 5.91 Å². The van der Waals surface area contributed by atoms with E-state index in [0.29, 0.717) is 10.5 Å². The summed E-state index contributed by atoms with van der Waals surface area (Å²) in [5.41, 5.74) is 1.64. The Morgan fingerprint density at radius 3 is 2.41 bits per heavy atom. The average Bonchev–Trinajstić information content (AvgIpc) is 3.22. The average molecular weight is 558 g/mol. The van der Waals surface area contributed by atoms with Crippen LogP contribution in [0.25, 0.3) is 10.2 Å². The third-order valence-corrected chi connectivity index (χ3v) is 8.67. The smallest absolute Gasteiger partial charge is 0.326 e. The number of rotatable bonds is 8. The summed E-state index contributed by atoms with van der Waals surface area (Å²) in [6, 6.07) is 20.2. The van der Waals surface area contributed by atoms with E-state index < -0.39 is 21.9 Å². The molecule has 37 heavy (non-hydrogen) atoms. The van der Waals surface area contributed by atoms with Crippen LogP contribution in [0.15, 0.2) is 82.7 Å². The number of fused-ring (bicyclic) bond motifs is 1. The molecule has 0 atom stereocenters. The van der Waals surface area contributed by atoms with E-state index >= 15 is 0 Å². The van der Waals surface area contributed by atoms with Crippen molar-refractivity contribution in [1.82, 2.24) is 8.87 Å². The molecule has 3 aromatic carbocycles. The third kappa shape index (κ3) is 5.99. The summed E-state index contributed by atoms with van der Waals surface area (Å²) in [6.07, 6.45) is 0. The fourth-order valence-corrected chi connectivity index (χ4v) is 6.23. The van der Waals surface area contributed by atoms with E-state index in [1.165, 1.54) is 47.0 Å². The number of carbonyl (C=O) groups excluding carboxylic acids is 2. The lowest BCUT2D eigenvalue weighted by molar-refractivity contribution is -0.143. The van der Waals surface area contributed by atoms with Crippen molar-refractivity contribution in [3.8, 4) is 0 Å². The normalized spacial score (nSPS) is 12.3. The Hall–Kier alpha value is -3.31. The van der Waals surface area contributed by atoms with E-state index in [-0.39, 0.29) is 35.0 Å². The summed E-state index contributed by atoms with van der Waals surface area (Å²) in [5.74, 6) is -1.06. The maximum atomic E-state index is 13.0. The van der Waals surface area contributed by atoms with Gasteiger partial charge in [-0.15, -0.1) is 0 Å². The molecule has 0 N–H and O–H groups in total. The SMILES string of the molecule is CCOC(=O)Cn1c(=NC(=O)c2ccc(S(=O)(=O)N(C)Cc3ccccc3)cc2)sc2cccc(Cl)c21. The lowest BCUT2D eigenvalue weighted by atomic mass is 10.2. The van der Waals surface area contributed by atoms with Crippen molar-refractivity contribution in [3.63, 3.8) is 0 Å². The maximum Gasteiger partial charge on any atom is 0.326 e. The summed E-state index contributed by atoms with van der Waals surface area (Å²) < 4.78 is 34.6. The van der Waals surface area contributed by atoms with Crippen LogP contribution in [-0.2, 0) is 32.6 Å². The van der Waals surface area contributed by atoms with E-state index in [1.807, 2.05) is 36.4 Å². The molecule has 1 aromatic heterocycles. The minimum absolute atomic E-state index is 0.0634. The number of halogens is 1. The van der Waals surface area contributed by atoms with Crippen LogP contribution in [-0.4, -0.2) is 42.8 Å². The van der Waals surface area contributed by atoms with Crippen LogP contribution in [0.3, 0.4) is 0 Å². The van der Waals surface area contributed by atoms with Crippen molar-refractivity contribution in [3.05, 3.63) is 93.7 Å².